The number of rotatable bonds is 3. The van der Waals surface area contributed by atoms with Crippen molar-refractivity contribution in [1.82, 2.24) is 0 Å². The fourth-order valence-corrected chi connectivity index (χ4v) is 1.90. The van der Waals surface area contributed by atoms with Crippen LogP contribution in [0.4, 0.5) is 0 Å². The standard InChI is InChI=1S/C11H20O4/c1-5-7-6-11(7,8(12)13)9(14)15-10(2,3)4/h7-8,12-13H,5-6H2,1-4H3. The van der Waals surface area contributed by atoms with Crippen molar-refractivity contribution in [2.75, 3.05) is 0 Å². The quantitative estimate of drug-likeness (QED) is 0.546. The topological polar surface area (TPSA) is 66.8 Å². The van der Waals surface area contributed by atoms with Crippen LogP contribution < -0.4 is 0 Å². The van der Waals surface area contributed by atoms with Gasteiger partial charge < -0.3 is 14.9 Å². The first-order chi connectivity index (χ1) is 6.74. The molecule has 1 rings (SSSR count). The molecule has 1 saturated carbocycles. The van der Waals surface area contributed by atoms with Gasteiger partial charge in [0.15, 0.2) is 6.29 Å². The molecule has 4 heteroatoms. The lowest BCUT2D eigenvalue weighted by Gasteiger charge is -2.25. The van der Waals surface area contributed by atoms with E-state index in [1.54, 1.807) is 20.8 Å². The smallest absolute Gasteiger partial charge is 0.318 e. The second-order valence-electron chi connectivity index (χ2n) is 5.23. The van der Waals surface area contributed by atoms with Crippen LogP contribution in [0.3, 0.4) is 0 Å². The lowest BCUT2D eigenvalue weighted by molar-refractivity contribution is -0.182. The Balaban J connectivity index is 2.73. The van der Waals surface area contributed by atoms with E-state index < -0.39 is 23.3 Å². The van der Waals surface area contributed by atoms with Crippen LogP contribution in [0.25, 0.3) is 0 Å². The summed E-state index contributed by atoms with van der Waals surface area (Å²) in [7, 11) is 0. The molecule has 0 saturated heterocycles. The summed E-state index contributed by atoms with van der Waals surface area (Å²) < 4.78 is 5.20. The number of aliphatic hydroxyl groups excluding tert-OH is 1. The second kappa shape index (κ2) is 3.76. The molecule has 0 spiro atoms. The molecule has 0 amide bonds. The molecule has 0 aromatic carbocycles. The molecule has 1 aliphatic rings. The van der Waals surface area contributed by atoms with Gasteiger partial charge in [0.1, 0.15) is 11.0 Å². The minimum Gasteiger partial charge on any atom is -0.459 e. The summed E-state index contributed by atoms with van der Waals surface area (Å²) in [6.45, 7) is 7.24. The SMILES string of the molecule is CCC1CC1(C(=O)OC(C)(C)C)C(O)O. The van der Waals surface area contributed by atoms with E-state index in [1.807, 2.05) is 6.92 Å². The van der Waals surface area contributed by atoms with E-state index in [1.165, 1.54) is 0 Å². The van der Waals surface area contributed by atoms with Crippen LogP contribution in [0.1, 0.15) is 40.5 Å². The summed E-state index contributed by atoms with van der Waals surface area (Å²) >= 11 is 0. The van der Waals surface area contributed by atoms with Crippen molar-refractivity contribution in [3.8, 4) is 0 Å². The molecule has 2 unspecified atom stereocenters. The number of esters is 1. The number of hydrogen-bond acceptors (Lipinski definition) is 4. The molecule has 0 aromatic heterocycles. The van der Waals surface area contributed by atoms with E-state index in [9.17, 15) is 15.0 Å². The monoisotopic (exact) mass is 216 g/mol. The van der Waals surface area contributed by atoms with Gasteiger partial charge in [-0.15, -0.1) is 0 Å². The molecule has 2 N–H and O–H groups in total. The highest BCUT2D eigenvalue weighted by Gasteiger charge is 2.65. The fraction of sp³-hybridized carbons (Fsp3) is 0.909. The highest BCUT2D eigenvalue weighted by atomic mass is 16.6. The molecule has 0 aromatic rings. The third-order valence-electron chi connectivity index (χ3n) is 2.89. The second-order valence-corrected chi connectivity index (χ2v) is 5.23. The number of hydrogen-bond donors (Lipinski definition) is 2. The predicted octanol–water partition coefficient (Wildman–Crippen LogP) is 1.06. The summed E-state index contributed by atoms with van der Waals surface area (Å²) in [6.07, 6.45) is -0.343. The Morgan fingerprint density at radius 1 is 1.53 bits per heavy atom. The van der Waals surface area contributed by atoms with Crippen LogP contribution in [0.2, 0.25) is 0 Å². The van der Waals surface area contributed by atoms with Gasteiger partial charge in [0.05, 0.1) is 0 Å². The zero-order valence-corrected chi connectivity index (χ0v) is 9.78. The summed E-state index contributed by atoms with van der Waals surface area (Å²) in [6, 6.07) is 0. The van der Waals surface area contributed by atoms with E-state index in [0.29, 0.717) is 6.42 Å². The summed E-state index contributed by atoms with van der Waals surface area (Å²) in [5.74, 6) is -0.454. The maximum atomic E-state index is 11.8. The average Bonchev–Trinajstić information content (AvgIpc) is 2.75. The maximum absolute atomic E-state index is 11.8. The van der Waals surface area contributed by atoms with Crippen molar-refractivity contribution in [1.29, 1.82) is 0 Å². The van der Waals surface area contributed by atoms with Crippen molar-refractivity contribution in [3.63, 3.8) is 0 Å². The largest absolute Gasteiger partial charge is 0.459 e. The third kappa shape index (κ3) is 2.32. The molecular formula is C11H20O4. The van der Waals surface area contributed by atoms with Crippen molar-refractivity contribution in [2.45, 2.75) is 52.4 Å². The number of carbonyl (C=O) groups is 1. The molecule has 2 atom stereocenters. The van der Waals surface area contributed by atoms with Gasteiger partial charge in [-0.2, -0.15) is 0 Å². The Morgan fingerprint density at radius 2 is 2.07 bits per heavy atom. The first kappa shape index (κ1) is 12.5. The molecule has 0 radical (unpaired) electrons. The zero-order valence-electron chi connectivity index (χ0n) is 9.78. The molecule has 4 nitrogen and oxygen atoms in total. The van der Waals surface area contributed by atoms with Crippen LogP contribution >= 0.6 is 0 Å². The highest BCUT2D eigenvalue weighted by Crippen LogP contribution is 2.57. The van der Waals surface area contributed by atoms with Gasteiger partial charge in [-0.1, -0.05) is 13.3 Å². The zero-order chi connectivity index (χ0) is 11.9. The van der Waals surface area contributed by atoms with Crippen LogP contribution in [-0.4, -0.2) is 28.1 Å². The minimum atomic E-state index is -1.61. The number of ether oxygens (including phenoxy) is 1. The first-order valence-electron chi connectivity index (χ1n) is 5.33. The summed E-state index contributed by atoms with van der Waals surface area (Å²) in [5, 5.41) is 18.5. The van der Waals surface area contributed by atoms with Crippen LogP contribution in [-0.2, 0) is 9.53 Å². The highest BCUT2D eigenvalue weighted by molar-refractivity contribution is 5.81. The van der Waals surface area contributed by atoms with E-state index >= 15 is 0 Å². The first-order valence-corrected chi connectivity index (χ1v) is 5.33. The van der Waals surface area contributed by atoms with Crippen LogP contribution in [0.5, 0.6) is 0 Å². The number of carbonyl (C=O) groups excluding carboxylic acids is 1. The molecule has 0 heterocycles. The van der Waals surface area contributed by atoms with Crippen molar-refractivity contribution >= 4 is 5.97 Å². The van der Waals surface area contributed by atoms with Gasteiger partial charge >= 0.3 is 5.97 Å². The molecule has 15 heavy (non-hydrogen) atoms. The van der Waals surface area contributed by atoms with Crippen molar-refractivity contribution < 1.29 is 19.7 Å². The van der Waals surface area contributed by atoms with Gasteiger partial charge in [-0.25, -0.2) is 0 Å². The van der Waals surface area contributed by atoms with Gasteiger partial charge in [-0.05, 0) is 33.1 Å². The van der Waals surface area contributed by atoms with Crippen LogP contribution in [0, 0.1) is 11.3 Å². The van der Waals surface area contributed by atoms with E-state index in [-0.39, 0.29) is 5.92 Å². The minimum absolute atomic E-state index is 0.0346. The Labute approximate surface area is 90.2 Å². The van der Waals surface area contributed by atoms with E-state index in [0.717, 1.165) is 6.42 Å². The van der Waals surface area contributed by atoms with Gasteiger partial charge in [0.25, 0.3) is 0 Å². The summed E-state index contributed by atoms with van der Waals surface area (Å²) in [4.78, 5) is 11.8. The fourth-order valence-electron chi connectivity index (χ4n) is 1.90. The van der Waals surface area contributed by atoms with Crippen LogP contribution in [0.15, 0.2) is 0 Å². The third-order valence-corrected chi connectivity index (χ3v) is 2.89. The lowest BCUT2D eigenvalue weighted by atomic mass is 10.0. The lowest BCUT2D eigenvalue weighted by Crippen LogP contribution is -2.37. The van der Waals surface area contributed by atoms with Crippen molar-refractivity contribution in [3.05, 3.63) is 0 Å². The molecular weight excluding hydrogens is 196 g/mol. The van der Waals surface area contributed by atoms with Gasteiger partial charge in [-0.3, -0.25) is 4.79 Å². The molecule has 1 aliphatic carbocycles. The van der Waals surface area contributed by atoms with Gasteiger partial charge in [0, 0.05) is 0 Å². The summed E-state index contributed by atoms with van der Waals surface area (Å²) in [5.41, 5.74) is -1.65. The molecule has 1 fully saturated rings. The van der Waals surface area contributed by atoms with E-state index in [2.05, 4.69) is 0 Å². The maximum Gasteiger partial charge on any atom is 0.318 e. The average molecular weight is 216 g/mol. The Hall–Kier alpha value is -0.610. The number of aliphatic hydroxyl groups is 2. The Bertz CT molecular complexity index is 254. The predicted molar refractivity (Wildman–Crippen MR) is 54.9 cm³/mol. The molecule has 0 aliphatic heterocycles. The Kier molecular flexibility index (Phi) is 3.12. The van der Waals surface area contributed by atoms with Gasteiger partial charge in [0.2, 0.25) is 0 Å². The van der Waals surface area contributed by atoms with Crippen molar-refractivity contribution in [2.24, 2.45) is 11.3 Å². The normalized spacial score (nSPS) is 30.5. The molecule has 0 bridgehead atoms. The molecule has 88 valence electrons. The Morgan fingerprint density at radius 3 is 2.33 bits per heavy atom. The van der Waals surface area contributed by atoms with E-state index in [4.69, 9.17) is 4.74 Å².